The van der Waals surface area contributed by atoms with Crippen LogP contribution in [0.3, 0.4) is 0 Å². The van der Waals surface area contributed by atoms with Crippen LogP contribution in [0.2, 0.25) is 0 Å². The Hall–Kier alpha value is 1.73. The molecule has 0 heterocycles. The fourth-order valence-electron chi connectivity index (χ4n) is 0.0194. The van der Waals surface area contributed by atoms with Crippen LogP contribution in [0.1, 0.15) is 0 Å². The summed E-state index contributed by atoms with van der Waals surface area (Å²) in [7, 11) is 0. The molecule has 0 atom stereocenters. The average molecular weight is 318 g/mol. The molecule has 0 fully saturated rings. The zero-order valence-corrected chi connectivity index (χ0v) is 7.45. The van der Waals surface area contributed by atoms with Crippen LogP contribution in [-0.2, 0) is 0 Å². The topological polar surface area (TPSA) is 52.0 Å². The molecule has 2 nitrogen and oxygen atoms in total. The van der Waals surface area contributed by atoms with Crippen molar-refractivity contribution in [2.24, 2.45) is 7.89 Å². The van der Waals surface area contributed by atoms with Crippen molar-refractivity contribution < 1.29 is 40.2 Å². The molecule has 0 aromatic rings. The van der Waals surface area contributed by atoms with Gasteiger partial charge in [-0.15, -0.1) is 0 Å². The number of hydrogen-bond acceptors (Lipinski definition) is 3. The van der Waals surface area contributed by atoms with E-state index in [0.717, 1.165) is 0 Å². The quantitative estimate of drug-likeness (QED) is 0.393. The van der Waals surface area contributed by atoms with Crippen LogP contribution >= 0.6 is 6.10 Å². The normalized spacial score (nSPS) is 10.0. The summed E-state index contributed by atoms with van der Waals surface area (Å²) in [5, 5.41) is 0. The molecule has 0 amide bonds. The third kappa shape index (κ3) is 5.73. The molecule has 0 saturated heterocycles. The van der Waals surface area contributed by atoms with E-state index < -0.39 is 0 Å². The Balaban J connectivity index is 2.19. The Morgan fingerprint density at radius 2 is 1.60 bits per heavy atom. The van der Waals surface area contributed by atoms with Crippen molar-refractivity contribution in [1.82, 2.24) is 0 Å². The molecule has 0 unspecified atom stereocenters. The summed E-state index contributed by atoms with van der Waals surface area (Å²) in [6.07, 6.45) is 1.74. The van der Waals surface area contributed by atoms with Gasteiger partial charge in [-0.1, -0.05) is 0 Å². The fourth-order valence-corrected chi connectivity index (χ4v) is 2.62. The molecule has 0 aliphatic heterocycles. The van der Waals surface area contributed by atoms with Gasteiger partial charge in [0.05, 0.1) is 0 Å². The maximum atomic E-state index is 5.16. The minimum absolute atomic E-state index is 0.0521. The van der Waals surface area contributed by atoms with E-state index in [4.69, 9.17) is 7.89 Å². The minimum atomic E-state index is -0.0521. The van der Waals surface area contributed by atoms with Gasteiger partial charge in [-0.05, 0) is 0 Å². The van der Waals surface area contributed by atoms with Crippen LogP contribution in [0, 0.1) is 0 Å². The molecule has 4 N–H and O–H groups in total. The monoisotopic (exact) mass is 318 g/mol. The number of nitrogens with two attached hydrogens (primary N) is 2. The summed E-state index contributed by atoms with van der Waals surface area (Å²) in [6.45, 7) is 0. The average Bonchev–Trinajstić information content (AvgIpc) is 1.41. The molecule has 5 heavy (non-hydrogen) atoms. The SMILES string of the molecule is N[I-]S[I-]N. The summed E-state index contributed by atoms with van der Waals surface area (Å²) in [4.78, 5) is 0. The fraction of sp³-hybridized carbons (Fsp3) is 0. The second kappa shape index (κ2) is 5.73. The van der Waals surface area contributed by atoms with Crippen molar-refractivity contribution >= 4 is 6.10 Å². The molecular weight excluding hydrogens is 314 g/mol. The second-order valence-electron chi connectivity index (χ2n) is 0.236. The molecule has 5 heteroatoms. The molecule has 0 spiro atoms. The molecule has 0 aliphatic rings. The van der Waals surface area contributed by atoms with Gasteiger partial charge in [-0.3, -0.25) is 0 Å². The summed E-state index contributed by atoms with van der Waals surface area (Å²) in [5.41, 5.74) is 0. The van der Waals surface area contributed by atoms with Crippen molar-refractivity contribution in [2.75, 3.05) is 0 Å². The van der Waals surface area contributed by atoms with Gasteiger partial charge in [0.1, 0.15) is 0 Å². The maximum absolute atomic E-state index is 5.16. The van der Waals surface area contributed by atoms with E-state index in [9.17, 15) is 0 Å². The van der Waals surface area contributed by atoms with Gasteiger partial charge in [0, 0.05) is 0 Å². The van der Waals surface area contributed by atoms with Gasteiger partial charge in [-0.25, -0.2) is 0 Å². The predicted octanol–water partition coefficient (Wildman–Crippen LogP) is -6.53. The third-order valence-corrected chi connectivity index (χ3v) is 9.09. The molecular formula is H4I2N2S-2. The van der Waals surface area contributed by atoms with Gasteiger partial charge < -0.3 is 0 Å². The Kier molecular flexibility index (Phi) is 7.71. The van der Waals surface area contributed by atoms with E-state index in [1.807, 2.05) is 0 Å². The molecule has 0 saturated carbocycles. The van der Waals surface area contributed by atoms with E-state index in [1.165, 1.54) is 0 Å². The van der Waals surface area contributed by atoms with Crippen LogP contribution in [0.25, 0.3) is 0 Å². The number of hydrogen-bond donors (Lipinski definition) is 2. The van der Waals surface area contributed by atoms with E-state index in [1.54, 1.807) is 6.10 Å². The Bertz CT molecular complexity index is 15.1. The third-order valence-electron chi connectivity index (χ3n) is 0.0673. The summed E-state index contributed by atoms with van der Waals surface area (Å²) in [6, 6.07) is 0. The van der Waals surface area contributed by atoms with Crippen LogP contribution in [0.4, 0.5) is 0 Å². The van der Waals surface area contributed by atoms with Gasteiger partial charge in [-0.2, -0.15) is 0 Å². The molecule has 0 rings (SSSR count). The van der Waals surface area contributed by atoms with Gasteiger partial charge in [0.15, 0.2) is 0 Å². The van der Waals surface area contributed by atoms with E-state index in [-0.39, 0.29) is 40.2 Å². The molecule has 0 aliphatic carbocycles. The number of rotatable bonds is 2. The molecule has 0 aromatic heterocycles. The first-order chi connectivity index (χ1) is 2.41. The Morgan fingerprint density at radius 3 is 1.60 bits per heavy atom. The van der Waals surface area contributed by atoms with Gasteiger partial charge in [0.25, 0.3) is 0 Å². The van der Waals surface area contributed by atoms with Crippen molar-refractivity contribution in [3.63, 3.8) is 0 Å². The Labute approximate surface area is 53.6 Å². The molecule has 0 radical (unpaired) electrons. The standard InChI is InChI=1S/H4I2N2S/c3-1-5-2-4/h3-4H2/q-2. The molecule has 36 valence electrons. The summed E-state index contributed by atoms with van der Waals surface area (Å²) < 4.78 is 10.3. The Morgan fingerprint density at radius 1 is 1.20 bits per heavy atom. The van der Waals surface area contributed by atoms with Crippen molar-refractivity contribution in [3.8, 4) is 0 Å². The second-order valence-corrected chi connectivity index (χ2v) is 11.5. The zero-order chi connectivity index (χ0) is 4.12. The van der Waals surface area contributed by atoms with Crippen molar-refractivity contribution in [1.29, 1.82) is 0 Å². The van der Waals surface area contributed by atoms with E-state index in [2.05, 4.69) is 0 Å². The first-order valence-electron chi connectivity index (χ1n) is 0.745. The van der Waals surface area contributed by atoms with E-state index in [0.29, 0.717) is 0 Å². The first kappa shape index (κ1) is 6.73. The first-order valence-corrected chi connectivity index (χ1v) is 9.14. The molecule has 0 bridgehead atoms. The molecule has 0 aromatic carbocycles. The van der Waals surface area contributed by atoms with Crippen LogP contribution in [-0.4, -0.2) is 0 Å². The van der Waals surface area contributed by atoms with Gasteiger partial charge in [0.2, 0.25) is 0 Å². The van der Waals surface area contributed by atoms with E-state index >= 15 is 0 Å². The summed E-state index contributed by atoms with van der Waals surface area (Å²) >= 11 is -0.104. The van der Waals surface area contributed by atoms with Gasteiger partial charge >= 0.3 is 54.2 Å². The number of halogens is 2. The van der Waals surface area contributed by atoms with Crippen LogP contribution in [0.5, 0.6) is 0 Å². The van der Waals surface area contributed by atoms with Crippen molar-refractivity contribution in [3.05, 3.63) is 0 Å². The van der Waals surface area contributed by atoms with Crippen LogP contribution < -0.4 is 48.1 Å². The zero-order valence-electron chi connectivity index (χ0n) is 2.32. The summed E-state index contributed by atoms with van der Waals surface area (Å²) in [5.74, 6) is 0. The van der Waals surface area contributed by atoms with Crippen LogP contribution in [0.15, 0.2) is 0 Å². The van der Waals surface area contributed by atoms with Crippen molar-refractivity contribution in [2.45, 2.75) is 0 Å². The predicted molar refractivity (Wildman–Crippen MR) is 16.0 cm³/mol.